The highest BCUT2D eigenvalue weighted by atomic mass is 32.2. The van der Waals surface area contributed by atoms with Crippen LogP contribution in [0, 0.1) is 0 Å². The van der Waals surface area contributed by atoms with Gasteiger partial charge in [-0.3, -0.25) is 4.79 Å². The van der Waals surface area contributed by atoms with E-state index in [0.29, 0.717) is 11.0 Å². The van der Waals surface area contributed by atoms with Gasteiger partial charge in [0.05, 0.1) is 11.8 Å². The van der Waals surface area contributed by atoms with Gasteiger partial charge >= 0.3 is 0 Å². The highest BCUT2D eigenvalue weighted by Crippen LogP contribution is 2.30. The molecule has 0 N–H and O–H groups in total. The molecule has 2 aliphatic rings. The Labute approximate surface area is 139 Å². The van der Waals surface area contributed by atoms with Crippen molar-refractivity contribution in [1.82, 2.24) is 9.88 Å². The maximum atomic E-state index is 12.6. The first-order valence-electron chi connectivity index (χ1n) is 7.95. The van der Waals surface area contributed by atoms with E-state index in [1.165, 1.54) is 17.3 Å². The second-order valence-corrected chi connectivity index (χ2v) is 6.77. The number of carbonyl (C=O) groups is 1. The first-order chi connectivity index (χ1) is 11.3. The van der Waals surface area contributed by atoms with Crippen LogP contribution in [0.4, 0.5) is 0 Å². The van der Waals surface area contributed by atoms with Crippen molar-refractivity contribution < 1.29 is 9.21 Å². The molecule has 23 heavy (non-hydrogen) atoms. The minimum absolute atomic E-state index is 0.170. The molecule has 2 heterocycles. The summed E-state index contributed by atoms with van der Waals surface area (Å²) in [4.78, 5) is 19.1. The van der Waals surface area contributed by atoms with Crippen molar-refractivity contribution >= 4 is 28.8 Å². The summed E-state index contributed by atoms with van der Waals surface area (Å²) < 4.78 is 5.67. The van der Waals surface area contributed by atoms with E-state index >= 15 is 0 Å². The van der Waals surface area contributed by atoms with Crippen LogP contribution in [-0.2, 0) is 4.79 Å². The van der Waals surface area contributed by atoms with E-state index in [9.17, 15) is 4.79 Å². The van der Waals surface area contributed by atoms with Gasteiger partial charge in [-0.05, 0) is 37.0 Å². The van der Waals surface area contributed by atoms with Crippen LogP contribution in [0.1, 0.15) is 19.3 Å². The van der Waals surface area contributed by atoms with Gasteiger partial charge in [-0.2, -0.15) is 0 Å². The lowest BCUT2D eigenvalue weighted by Gasteiger charge is -2.38. The lowest BCUT2D eigenvalue weighted by molar-refractivity contribution is -0.130. The van der Waals surface area contributed by atoms with Crippen molar-refractivity contribution in [3.05, 3.63) is 48.1 Å². The molecule has 1 fully saturated rings. The summed E-state index contributed by atoms with van der Waals surface area (Å²) in [6.07, 6.45) is 9.51. The maximum absolute atomic E-state index is 12.6. The van der Waals surface area contributed by atoms with Crippen LogP contribution in [0.3, 0.4) is 0 Å². The van der Waals surface area contributed by atoms with Crippen molar-refractivity contribution in [2.75, 3.05) is 12.3 Å². The number of rotatable bonds is 3. The molecule has 5 heteroatoms. The number of hydrogen-bond donors (Lipinski definition) is 0. The number of amides is 1. The average molecular weight is 326 g/mol. The summed E-state index contributed by atoms with van der Waals surface area (Å²) in [7, 11) is 0. The summed E-state index contributed by atoms with van der Waals surface area (Å²) in [6, 6.07) is 7.92. The lowest BCUT2D eigenvalue weighted by Crippen LogP contribution is -2.46. The van der Waals surface area contributed by atoms with E-state index < -0.39 is 0 Å². The molecule has 4 nitrogen and oxygen atoms in total. The van der Waals surface area contributed by atoms with Gasteiger partial charge in [-0.1, -0.05) is 42.1 Å². The molecule has 1 unspecified atom stereocenters. The van der Waals surface area contributed by atoms with E-state index in [1.807, 2.05) is 29.2 Å². The predicted octanol–water partition coefficient (Wildman–Crippen LogP) is 3.80. The lowest BCUT2D eigenvalue weighted by atomic mass is 9.90. The molecular formula is C18H18N2O2S. The third-order valence-corrected chi connectivity index (χ3v) is 5.20. The molecular weight excluding hydrogens is 308 g/mol. The average Bonchev–Trinajstić information content (AvgIpc) is 3.02. The smallest absolute Gasteiger partial charge is 0.257 e. The zero-order chi connectivity index (χ0) is 15.6. The Morgan fingerprint density at radius 2 is 2.30 bits per heavy atom. The maximum Gasteiger partial charge on any atom is 0.257 e. The minimum atomic E-state index is 0.170. The number of allylic oxidation sites excluding steroid dienone is 2. The van der Waals surface area contributed by atoms with Crippen LogP contribution in [0.15, 0.2) is 57.7 Å². The number of hydrogen-bond acceptors (Lipinski definition) is 4. The van der Waals surface area contributed by atoms with Gasteiger partial charge in [0.1, 0.15) is 5.52 Å². The summed E-state index contributed by atoms with van der Waals surface area (Å²) in [6.45, 7) is 0.850. The summed E-state index contributed by atoms with van der Waals surface area (Å²) in [5.74, 6) is 0.545. The quantitative estimate of drug-likeness (QED) is 0.805. The Morgan fingerprint density at radius 1 is 1.39 bits per heavy atom. The number of piperidine rings is 1. The molecule has 1 aliphatic carbocycles. The molecule has 1 aliphatic heterocycles. The number of likely N-dealkylation sites (tertiary alicyclic amines) is 1. The van der Waals surface area contributed by atoms with Crippen molar-refractivity contribution in [1.29, 1.82) is 0 Å². The third kappa shape index (κ3) is 2.93. The summed E-state index contributed by atoms with van der Waals surface area (Å²) in [5.41, 5.74) is 2.99. The highest BCUT2D eigenvalue weighted by molar-refractivity contribution is 7.99. The van der Waals surface area contributed by atoms with Crippen LogP contribution in [0.2, 0.25) is 0 Å². The number of benzene rings is 1. The van der Waals surface area contributed by atoms with Crippen LogP contribution in [0.5, 0.6) is 0 Å². The van der Waals surface area contributed by atoms with Gasteiger partial charge in [-0.15, -0.1) is 0 Å². The first-order valence-corrected chi connectivity index (χ1v) is 8.93. The predicted molar refractivity (Wildman–Crippen MR) is 91.3 cm³/mol. The topological polar surface area (TPSA) is 46.3 Å². The number of oxazole rings is 1. The summed E-state index contributed by atoms with van der Waals surface area (Å²) in [5, 5.41) is 0.566. The third-order valence-electron chi connectivity index (χ3n) is 4.39. The molecule has 1 aromatic heterocycles. The molecule has 4 rings (SSSR count). The van der Waals surface area contributed by atoms with Crippen LogP contribution in [0.25, 0.3) is 11.1 Å². The standard InChI is InChI=1S/C18H18N2O2S/c21-17(20-11-5-7-13-6-1-3-9-15(13)20)12-23-18-19-14-8-2-4-10-16(14)22-18/h1-4,6,8,10,15H,5,7,9,11-12H2. The van der Waals surface area contributed by atoms with Crippen LogP contribution in [-0.4, -0.2) is 34.1 Å². The van der Waals surface area contributed by atoms with Crippen molar-refractivity contribution in [2.24, 2.45) is 0 Å². The normalized spacial score (nSPS) is 20.4. The molecule has 1 atom stereocenters. The van der Waals surface area contributed by atoms with Crippen LogP contribution >= 0.6 is 11.8 Å². The summed E-state index contributed by atoms with van der Waals surface area (Å²) >= 11 is 1.38. The molecule has 0 saturated carbocycles. The molecule has 0 bridgehead atoms. The highest BCUT2D eigenvalue weighted by Gasteiger charge is 2.30. The van der Waals surface area contributed by atoms with E-state index in [1.54, 1.807) is 0 Å². The van der Waals surface area contributed by atoms with E-state index in [4.69, 9.17) is 4.42 Å². The number of fused-ring (bicyclic) bond motifs is 2. The molecule has 0 radical (unpaired) electrons. The molecule has 0 spiro atoms. The number of aromatic nitrogens is 1. The van der Waals surface area contributed by atoms with E-state index in [2.05, 4.69) is 23.2 Å². The number of nitrogens with zero attached hydrogens (tertiary/aromatic N) is 2. The van der Waals surface area contributed by atoms with E-state index in [-0.39, 0.29) is 11.9 Å². The molecule has 1 amide bonds. The van der Waals surface area contributed by atoms with Crippen LogP contribution < -0.4 is 0 Å². The molecule has 1 aromatic carbocycles. The zero-order valence-corrected chi connectivity index (χ0v) is 13.6. The SMILES string of the molecule is O=C(CSc1nc2ccccc2o1)N1CCCC2=CC=CCC21. The fourth-order valence-corrected chi connectivity index (χ4v) is 3.99. The minimum Gasteiger partial charge on any atom is -0.431 e. The van der Waals surface area contributed by atoms with Gasteiger partial charge in [-0.25, -0.2) is 4.98 Å². The second-order valence-electron chi connectivity index (χ2n) is 5.85. The number of para-hydroxylation sites is 2. The molecule has 118 valence electrons. The van der Waals surface area contributed by atoms with Gasteiger partial charge in [0, 0.05) is 6.54 Å². The Bertz CT molecular complexity index is 760. The number of thioether (sulfide) groups is 1. The fourth-order valence-electron chi connectivity index (χ4n) is 3.27. The van der Waals surface area contributed by atoms with Gasteiger partial charge in [0.25, 0.3) is 5.22 Å². The Morgan fingerprint density at radius 3 is 3.22 bits per heavy atom. The van der Waals surface area contributed by atoms with Crippen molar-refractivity contribution in [3.63, 3.8) is 0 Å². The van der Waals surface area contributed by atoms with Gasteiger partial charge in [0.15, 0.2) is 5.58 Å². The Balaban J connectivity index is 1.43. The van der Waals surface area contributed by atoms with E-state index in [0.717, 1.165) is 36.9 Å². The Kier molecular flexibility index (Phi) is 3.95. The second kappa shape index (κ2) is 6.24. The van der Waals surface area contributed by atoms with Gasteiger partial charge in [0.2, 0.25) is 5.91 Å². The van der Waals surface area contributed by atoms with Gasteiger partial charge < -0.3 is 9.32 Å². The molecule has 1 saturated heterocycles. The first kappa shape index (κ1) is 14.6. The molecule has 2 aromatic rings. The largest absolute Gasteiger partial charge is 0.431 e. The Hall–Kier alpha value is -2.01. The zero-order valence-electron chi connectivity index (χ0n) is 12.8. The fraction of sp³-hybridized carbons (Fsp3) is 0.333. The van der Waals surface area contributed by atoms with Crippen molar-refractivity contribution in [3.8, 4) is 0 Å². The number of carbonyl (C=O) groups excluding carboxylic acids is 1. The van der Waals surface area contributed by atoms with Crippen molar-refractivity contribution in [2.45, 2.75) is 30.5 Å². The monoisotopic (exact) mass is 326 g/mol.